The Morgan fingerprint density at radius 2 is 2.00 bits per heavy atom. The summed E-state index contributed by atoms with van der Waals surface area (Å²) in [5.74, 6) is 0.120. The van der Waals surface area contributed by atoms with Crippen molar-refractivity contribution in [2.45, 2.75) is 19.8 Å². The first-order chi connectivity index (χ1) is 8.19. The van der Waals surface area contributed by atoms with Gasteiger partial charge in [-0.15, -0.1) is 0 Å². The highest BCUT2D eigenvalue weighted by atomic mass is 16.5. The molecule has 2 N–H and O–H groups in total. The molecule has 1 aromatic carbocycles. The number of hydrogen-bond acceptors (Lipinski definition) is 3. The number of carbonyl (C=O) groups excluding carboxylic acids is 1. The van der Waals surface area contributed by atoms with Gasteiger partial charge in [0.25, 0.3) is 0 Å². The van der Waals surface area contributed by atoms with E-state index in [0.29, 0.717) is 25.3 Å². The van der Waals surface area contributed by atoms with Crippen LogP contribution in [0.1, 0.15) is 19.8 Å². The van der Waals surface area contributed by atoms with Crippen LogP contribution in [0, 0.1) is 0 Å². The van der Waals surface area contributed by atoms with Gasteiger partial charge < -0.3 is 15.4 Å². The Labute approximate surface area is 102 Å². The normalized spacial score (nSPS) is 10.2. The minimum absolute atomic E-state index is 0.120. The lowest BCUT2D eigenvalue weighted by Crippen LogP contribution is -2.30. The van der Waals surface area contributed by atoms with E-state index in [1.54, 1.807) is 24.1 Å². The van der Waals surface area contributed by atoms with Crippen LogP contribution in [0.4, 0.5) is 11.4 Å². The number of rotatable bonds is 6. The van der Waals surface area contributed by atoms with E-state index in [4.69, 9.17) is 10.5 Å². The van der Waals surface area contributed by atoms with Crippen molar-refractivity contribution >= 4 is 17.3 Å². The number of benzene rings is 1. The van der Waals surface area contributed by atoms with Gasteiger partial charge in [0.1, 0.15) is 0 Å². The SMILES string of the molecule is CCN(C(=O)CCCOC)c1ccc(N)cc1. The third-order valence-corrected chi connectivity index (χ3v) is 2.56. The third kappa shape index (κ3) is 4.07. The smallest absolute Gasteiger partial charge is 0.227 e. The summed E-state index contributed by atoms with van der Waals surface area (Å²) in [6.45, 7) is 3.24. The zero-order chi connectivity index (χ0) is 12.7. The van der Waals surface area contributed by atoms with Crippen molar-refractivity contribution in [3.8, 4) is 0 Å². The molecule has 0 aliphatic carbocycles. The Morgan fingerprint density at radius 1 is 1.35 bits per heavy atom. The van der Waals surface area contributed by atoms with Crippen molar-refractivity contribution in [3.63, 3.8) is 0 Å². The largest absolute Gasteiger partial charge is 0.399 e. The van der Waals surface area contributed by atoms with E-state index in [0.717, 1.165) is 12.1 Å². The first-order valence-electron chi connectivity index (χ1n) is 5.84. The van der Waals surface area contributed by atoms with Crippen molar-refractivity contribution in [2.24, 2.45) is 0 Å². The Bertz CT molecular complexity index is 349. The zero-order valence-corrected chi connectivity index (χ0v) is 10.5. The molecule has 4 nitrogen and oxygen atoms in total. The Kier molecular flexibility index (Phi) is 5.49. The summed E-state index contributed by atoms with van der Waals surface area (Å²) < 4.78 is 4.94. The molecule has 0 atom stereocenters. The van der Waals surface area contributed by atoms with Gasteiger partial charge in [0, 0.05) is 38.1 Å². The molecular formula is C13H20N2O2. The molecule has 1 rings (SSSR count). The summed E-state index contributed by atoms with van der Waals surface area (Å²) in [5, 5.41) is 0. The summed E-state index contributed by atoms with van der Waals surface area (Å²) in [7, 11) is 1.64. The predicted octanol–water partition coefficient (Wildman–Crippen LogP) is 2.05. The van der Waals surface area contributed by atoms with Crippen LogP contribution in [0.15, 0.2) is 24.3 Å². The molecule has 0 fully saturated rings. The van der Waals surface area contributed by atoms with E-state index in [1.165, 1.54) is 0 Å². The fourth-order valence-corrected chi connectivity index (χ4v) is 1.66. The second kappa shape index (κ2) is 6.91. The predicted molar refractivity (Wildman–Crippen MR) is 70.0 cm³/mol. The van der Waals surface area contributed by atoms with Gasteiger partial charge in [-0.1, -0.05) is 0 Å². The van der Waals surface area contributed by atoms with Crippen LogP contribution in [0.25, 0.3) is 0 Å². The molecule has 4 heteroatoms. The number of methoxy groups -OCH3 is 1. The summed E-state index contributed by atoms with van der Waals surface area (Å²) in [6.07, 6.45) is 1.26. The molecule has 0 saturated carbocycles. The Balaban J connectivity index is 2.64. The second-order valence-corrected chi connectivity index (χ2v) is 3.83. The molecule has 94 valence electrons. The number of ether oxygens (including phenoxy) is 1. The van der Waals surface area contributed by atoms with Gasteiger partial charge in [-0.25, -0.2) is 0 Å². The van der Waals surface area contributed by atoms with E-state index in [9.17, 15) is 4.79 Å². The van der Waals surface area contributed by atoms with E-state index >= 15 is 0 Å². The zero-order valence-electron chi connectivity index (χ0n) is 10.5. The van der Waals surface area contributed by atoms with Crippen molar-refractivity contribution in [3.05, 3.63) is 24.3 Å². The average Bonchev–Trinajstić information content (AvgIpc) is 2.33. The van der Waals surface area contributed by atoms with Gasteiger partial charge in [0.15, 0.2) is 0 Å². The standard InChI is InChI=1S/C13H20N2O2/c1-3-15(13(16)5-4-10-17-2)12-8-6-11(14)7-9-12/h6-9H,3-5,10,14H2,1-2H3. The van der Waals surface area contributed by atoms with Gasteiger partial charge >= 0.3 is 0 Å². The van der Waals surface area contributed by atoms with Crippen LogP contribution in [0.5, 0.6) is 0 Å². The van der Waals surface area contributed by atoms with Crippen LogP contribution in [-0.2, 0) is 9.53 Å². The molecule has 0 saturated heterocycles. The molecule has 1 amide bonds. The molecule has 0 aliphatic rings. The highest BCUT2D eigenvalue weighted by molar-refractivity contribution is 5.93. The summed E-state index contributed by atoms with van der Waals surface area (Å²) in [6, 6.07) is 7.35. The van der Waals surface area contributed by atoms with Gasteiger partial charge in [0.2, 0.25) is 5.91 Å². The molecule has 0 unspecified atom stereocenters. The molecule has 0 aromatic heterocycles. The lowest BCUT2D eigenvalue weighted by atomic mass is 10.2. The van der Waals surface area contributed by atoms with Crippen LogP contribution >= 0.6 is 0 Å². The number of hydrogen-bond donors (Lipinski definition) is 1. The number of nitrogens with two attached hydrogens (primary N) is 1. The molecule has 1 aromatic rings. The molecule has 0 aliphatic heterocycles. The number of anilines is 2. The van der Waals surface area contributed by atoms with E-state index < -0.39 is 0 Å². The highest BCUT2D eigenvalue weighted by Crippen LogP contribution is 2.17. The lowest BCUT2D eigenvalue weighted by molar-refractivity contribution is -0.118. The fraction of sp³-hybridized carbons (Fsp3) is 0.462. The van der Waals surface area contributed by atoms with Gasteiger partial charge in [-0.2, -0.15) is 0 Å². The van der Waals surface area contributed by atoms with Crippen LogP contribution in [-0.4, -0.2) is 26.2 Å². The van der Waals surface area contributed by atoms with Crippen molar-refractivity contribution in [1.82, 2.24) is 0 Å². The van der Waals surface area contributed by atoms with E-state index in [1.807, 2.05) is 19.1 Å². The number of amides is 1. The first kappa shape index (κ1) is 13.5. The number of carbonyl (C=O) groups is 1. The summed E-state index contributed by atoms with van der Waals surface area (Å²) >= 11 is 0. The average molecular weight is 236 g/mol. The van der Waals surface area contributed by atoms with Crippen LogP contribution < -0.4 is 10.6 Å². The van der Waals surface area contributed by atoms with Gasteiger partial charge in [-0.05, 0) is 37.6 Å². The lowest BCUT2D eigenvalue weighted by Gasteiger charge is -2.21. The molecule has 0 radical (unpaired) electrons. The van der Waals surface area contributed by atoms with Crippen molar-refractivity contribution < 1.29 is 9.53 Å². The molecular weight excluding hydrogens is 216 g/mol. The van der Waals surface area contributed by atoms with Crippen molar-refractivity contribution in [2.75, 3.05) is 30.9 Å². The highest BCUT2D eigenvalue weighted by Gasteiger charge is 2.12. The van der Waals surface area contributed by atoms with Crippen molar-refractivity contribution in [1.29, 1.82) is 0 Å². The third-order valence-electron chi connectivity index (χ3n) is 2.56. The minimum Gasteiger partial charge on any atom is -0.399 e. The van der Waals surface area contributed by atoms with Gasteiger partial charge in [0.05, 0.1) is 0 Å². The monoisotopic (exact) mass is 236 g/mol. The second-order valence-electron chi connectivity index (χ2n) is 3.83. The van der Waals surface area contributed by atoms with E-state index in [2.05, 4.69) is 0 Å². The number of nitrogen functional groups attached to an aromatic ring is 1. The summed E-state index contributed by atoms with van der Waals surface area (Å²) in [5.41, 5.74) is 7.22. The maximum absolute atomic E-state index is 12.0. The molecule has 0 heterocycles. The van der Waals surface area contributed by atoms with Gasteiger partial charge in [-0.3, -0.25) is 4.79 Å². The molecule has 0 bridgehead atoms. The number of nitrogens with zero attached hydrogens (tertiary/aromatic N) is 1. The van der Waals surface area contributed by atoms with Crippen LogP contribution in [0.2, 0.25) is 0 Å². The first-order valence-corrected chi connectivity index (χ1v) is 5.84. The minimum atomic E-state index is 0.120. The van der Waals surface area contributed by atoms with E-state index in [-0.39, 0.29) is 5.91 Å². The topological polar surface area (TPSA) is 55.6 Å². The Hall–Kier alpha value is -1.55. The summed E-state index contributed by atoms with van der Waals surface area (Å²) in [4.78, 5) is 13.7. The van der Waals surface area contributed by atoms with Crippen LogP contribution in [0.3, 0.4) is 0 Å². The maximum atomic E-state index is 12.0. The quantitative estimate of drug-likeness (QED) is 0.607. The maximum Gasteiger partial charge on any atom is 0.227 e. The molecule has 0 spiro atoms. The Morgan fingerprint density at radius 3 is 2.53 bits per heavy atom. The fourth-order valence-electron chi connectivity index (χ4n) is 1.66. The molecule has 17 heavy (non-hydrogen) atoms.